The van der Waals surface area contributed by atoms with Crippen LogP contribution in [-0.4, -0.2) is 79.3 Å². The summed E-state index contributed by atoms with van der Waals surface area (Å²) < 4.78 is 11.4. The highest BCUT2D eigenvalue weighted by molar-refractivity contribution is 6.32. The molecule has 1 fully saturated rings. The van der Waals surface area contributed by atoms with Crippen molar-refractivity contribution in [2.45, 2.75) is 13.0 Å². The summed E-state index contributed by atoms with van der Waals surface area (Å²) in [5.41, 5.74) is 0.608. The van der Waals surface area contributed by atoms with Gasteiger partial charge >= 0.3 is 0 Å². The van der Waals surface area contributed by atoms with Gasteiger partial charge in [0, 0.05) is 44.8 Å². The lowest BCUT2D eigenvalue weighted by Gasteiger charge is -2.35. The molecule has 6 nitrogen and oxygen atoms in total. The van der Waals surface area contributed by atoms with E-state index in [1.807, 2.05) is 24.3 Å². The van der Waals surface area contributed by atoms with Gasteiger partial charge in [-0.15, -0.1) is 0 Å². The fourth-order valence-corrected chi connectivity index (χ4v) is 3.58. The van der Waals surface area contributed by atoms with Crippen molar-refractivity contribution >= 4 is 17.4 Å². The maximum atomic E-state index is 11.4. The monoisotopic (exact) mass is 432 g/mol. The van der Waals surface area contributed by atoms with Crippen LogP contribution in [-0.2, 0) is 0 Å². The summed E-state index contributed by atoms with van der Waals surface area (Å²) in [7, 11) is 0. The molecule has 30 heavy (non-hydrogen) atoms. The second-order valence-electron chi connectivity index (χ2n) is 7.47. The highest BCUT2D eigenvalue weighted by atomic mass is 35.5. The number of carbonyl (C=O) groups excluding carboxylic acids is 1. The Morgan fingerprint density at radius 3 is 2.53 bits per heavy atom. The first-order chi connectivity index (χ1) is 14.5. The Balaban J connectivity index is 1.32. The molecule has 3 rings (SSSR count). The molecule has 0 aromatic heterocycles. The average Bonchev–Trinajstić information content (AvgIpc) is 2.75. The summed E-state index contributed by atoms with van der Waals surface area (Å²) in [4.78, 5) is 16.0. The molecular weight excluding hydrogens is 404 g/mol. The number of piperazine rings is 1. The number of hydrogen-bond acceptors (Lipinski definition) is 6. The van der Waals surface area contributed by atoms with Crippen LogP contribution in [0.2, 0.25) is 5.02 Å². The van der Waals surface area contributed by atoms with Crippen molar-refractivity contribution in [1.29, 1.82) is 0 Å². The summed E-state index contributed by atoms with van der Waals surface area (Å²) >= 11 is 6.11. The predicted octanol–water partition coefficient (Wildman–Crippen LogP) is 2.98. The SMILES string of the molecule is CC(=O)c1cccc(OCC(O)CN2CCN(CCOc3ccccc3Cl)CC2)c1. The van der Waals surface area contributed by atoms with Gasteiger partial charge in [0.25, 0.3) is 0 Å². The third-order valence-corrected chi connectivity index (χ3v) is 5.43. The maximum absolute atomic E-state index is 11.4. The summed E-state index contributed by atoms with van der Waals surface area (Å²) in [6, 6.07) is 14.5. The van der Waals surface area contributed by atoms with E-state index in [1.165, 1.54) is 6.92 Å². The molecule has 1 saturated heterocycles. The largest absolute Gasteiger partial charge is 0.491 e. The molecule has 0 radical (unpaired) electrons. The van der Waals surface area contributed by atoms with Crippen LogP contribution in [0.1, 0.15) is 17.3 Å². The highest BCUT2D eigenvalue weighted by Crippen LogP contribution is 2.23. The van der Waals surface area contributed by atoms with Gasteiger partial charge in [-0.2, -0.15) is 0 Å². The van der Waals surface area contributed by atoms with Crippen molar-refractivity contribution in [3.63, 3.8) is 0 Å². The van der Waals surface area contributed by atoms with Crippen molar-refractivity contribution in [2.24, 2.45) is 0 Å². The Morgan fingerprint density at radius 1 is 1.07 bits per heavy atom. The van der Waals surface area contributed by atoms with Crippen molar-refractivity contribution in [2.75, 3.05) is 52.5 Å². The quantitative estimate of drug-likeness (QED) is 0.582. The molecule has 1 aliphatic rings. The van der Waals surface area contributed by atoms with Crippen LogP contribution in [0.4, 0.5) is 0 Å². The lowest BCUT2D eigenvalue weighted by Crippen LogP contribution is -2.50. The molecule has 162 valence electrons. The molecule has 2 aromatic rings. The fourth-order valence-electron chi connectivity index (χ4n) is 3.39. The maximum Gasteiger partial charge on any atom is 0.159 e. The van der Waals surface area contributed by atoms with Gasteiger partial charge < -0.3 is 14.6 Å². The normalized spacial score (nSPS) is 16.2. The van der Waals surface area contributed by atoms with Gasteiger partial charge in [-0.1, -0.05) is 35.9 Å². The second kappa shape index (κ2) is 11.3. The number of halogens is 1. The third kappa shape index (κ3) is 6.99. The van der Waals surface area contributed by atoms with Crippen molar-refractivity contribution in [3.05, 3.63) is 59.1 Å². The first-order valence-electron chi connectivity index (χ1n) is 10.2. The van der Waals surface area contributed by atoms with Crippen molar-refractivity contribution < 1.29 is 19.4 Å². The minimum Gasteiger partial charge on any atom is -0.491 e. The zero-order valence-electron chi connectivity index (χ0n) is 17.3. The van der Waals surface area contributed by atoms with E-state index in [1.54, 1.807) is 24.3 Å². The lowest BCUT2D eigenvalue weighted by molar-refractivity contribution is 0.0436. The first kappa shape index (κ1) is 22.6. The van der Waals surface area contributed by atoms with Crippen LogP contribution in [0.5, 0.6) is 11.5 Å². The molecule has 1 N–H and O–H groups in total. The number of nitrogens with zero attached hydrogens (tertiary/aromatic N) is 2. The topological polar surface area (TPSA) is 62.2 Å². The summed E-state index contributed by atoms with van der Waals surface area (Å²) in [5, 5.41) is 11.0. The van der Waals surface area contributed by atoms with Gasteiger partial charge in [-0.25, -0.2) is 0 Å². The van der Waals surface area contributed by atoms with Crippen molar-refractivity contribution in [1.82, 2.24) is 9.80 Å². The number of ether oxygens (including phenoxy) is 2. The van der Waals surface area contributed by atoms with Gasteiger partial charge in [0.15, 0.2) is 5.78 Å². The molecule has 0 bridgehead atoms. The van der Waals surface area contributed by atoms with E-state index in [0.29, 0.717) is 29.5 Å². The molecule has 7 heteroatoms. The van der Waals surface area contributed by atoms with Gasteiger partial charge in [0.1, 0.15) is 30.8 Å². The van der Waals surface area contributed by atoms with E-state index in [9.17, 15) is 9.90 Å². The van der Waals surface area contributed by atoms with Crippen molar-refractivity contribution in [3.8, 4) is 11.5 Å². The smallest absolute Gasteiger partial charge is 0.159 e. The lowest BCUT2D eigenvalue weighted by atomic mass is 10.1. The number of carbonyl (C=O) groups is 1. The zero-order valence-corrected chi connectivity index (χ0v) is 18.1. The Labute approximate surface area is 183 Å². The fraction of sp³-hybridized carbons (Fsp3) is 0.435. The molecule has 1 heterocycles. The number of aliphatic hydroxyl groups excluding tert-OH is 1. The summed E-state index contributed by atoms with van der Waals surface area (Å²) in [6.45, 7) is 7.38. The molecule has 0 saturated carbocycles. The van der Waals surface area contributed by atoms with Crippen LogP contribution in [0, 0.1) is 0 Å². The zero-order chi connectivity index (χ0) is 21.3. The van der Waals surface area contributed by atoms with Gasteiger partial charge in [-0.3, -0.25) is 14.6 Å². The molecular formula is C23H29ClN2O4. The standard InChI is InChI=1S/C23H29ClN2O4/c1-18(27)19-5-4-6-21(15-19)30-17-20(28)16-26-11-9-25(10-12-26)13-14-29-23-8-3-2-7-22(23)24/h2-8,15,20,28H,9-14,16-17H2,1H3. The highest BCUT2D eigenvalue weighted by Gasteiger charge is 2.19. The molecule has 2 aromatic carbocycles. The summed E-state index contributed by atoms with van der Waals surface area (Å²) in [5.74, 6) is 1.32. The summed E-state index contributed by atoms with van der Waals surface area (Å²) in [6.07, 6.45) is -0.582. The molecule has 0 spiro atoms. The number of rotatable bonds is 10. The van der Waals surface area contributed by atoms with Gasteiger partial charge in [-0.05, 0) is 31.2 Å². The van der Waals surface area contributed by atoms with E-state index in [-0.39, 0.29) is 12.4 Å². The van der Waals surface area contributed by atoms with E-state index >= 15 is 0 Å². The molecule has 1 aliphatic heterocycles. The Hall–Kier alpha value is -2.12. The number of benzene rings is 2. The minimum absolute atomic E-state index is 0.00358. The molecule has 1 unspecified atom stereocenters. The minimum atomic E-state index is -0.582. The number of Topliss-reactive ketones (excluding diaryl/α,β-unsaturated/α-hetero) is 1. The van der Waals surface area contributed by atoms with E-state index < -0.39 is 6.10 Å². The number of aliphatic hydroxyl groups is 1. The van der Waals surface area contributed by atoms with Crippen LogP contribution in [0.3, 0.4) is 0 Å². The Kier molecular flexibility index (Phi) is 8.51. The van der Waals surface area contributed by atoms with E-state index in [4.69, 9.17) is 21.1 Å². The van der Waals surface area contributed by atoms with Crippen LogP contribution in [0.25, 0.3) is 0 Å². The average molecular weight is 433 g/mol. The second-order valence-corrected chi connectivity index (χ2v) is 7.88. The third-order valence-electron chi connectivity index (χ3n) is 5.12. The van der Waals surface area contributed by atoms with Crippen LogP contribution in [0.15, 0.2) is 48.5 Å². The molecule has 0 aliphatic carbocycles. The van der Waals surface area contributed by atoms with E-state index in [2.05, 4.69) is 9.80 Å². The number of β-amino-alcohol motifs (C(OH)–C–C–N with tert-alkyl or cyclic N) is 1. The number of ketones is 1. The van der Waals surface area contributed by atoms with E-state index in [0.717, 1.165) is 38.5 Å². The predicted molar refractivity (Wildman–Crippen MR) is 118 cm³/mol. The van der Waals surface area contributed by atoms with Gasteiger partial charge in [0.2, 0.25) is 0 Å². The Morgan fingerprint density at radius 2 is 1.80 bits per heavy atom. The van der Waals surface area contributed by atoms with Crippen LogP contribution < -0.4 is 9.47 Å². The number of hydrogen-bond donors (Lipinski definition) is 1. The Bertz CT molecular complexity index is 824. The molecule has 1 atom stereocenters. The first-order valence-corrected chi connectivity index (χ1v) is 10.6. The molecule has 0 amide bonds. The van der Waals surface area contributed by atoms with Crippen LogP contribution >= 0.6 is 11.6 Å². The number of para-hydroxylation sites is 1. The van der Waals surface area contributed by atoms with Gasteiger partial charge in [0.05, 0.1) is 5.02 Å².